The molecule has 0 aliphatic carbocycles. The second-order valence-corrected chi connectivity index (χ2v) is 5.78. The summed E-state index contributed by atoms with van der Waals surface area (Å²) in [4.78, 5) is 12.1. The van der Waals surface area contributed by atoms with Crippen LogP contribution in [-0.2, 0) is 0 Å². The fraction of sp³-hybridized carbons (Fsp3) is 0.462. The van der Waals surface area contributed by atoms with Crippen molar-refractivity contribution in [2.24, 2.45) is 11.8 Å². The molecule has 98 valence electrons. The number of carbonyl (C=O) groups is 1. The SMILES string of the molecule is Cc1ccc(NN)c(C(=O)NCC2CCSC2)c1. The smallest absolute Gasteiger partial charge is 0.253 e. The van der Waals surface area contributed by atoms with Gasteiger partial charge in [-0.3, -0.25) is 10.6 Å². The fourth-order valence-electron chi connectivity index (χ4n) is 2.05. The van der Waals surface area contributed by atoms with E-state index in [0.29, 0.717) is 17.2 Å². The number of hydrazine groups is 1. The van der Waals surface area contributed by atoms with Crippen LogP contribution in [0.3, 0.4) is 0 Å². The average Bonchev–Trinajstić information content (AvgIpc) is 2.89. The van der Waals surface area contributed by atoms with E-state index < -0.39 is 0 Å². The van der Waals surface area contributed by atoms with E-state index in [2.05, 4.69) is 10.7 Å². The topological polar surface area (TPSA) is 67.1 Å². The fourth-order valence-corrected chi connectivity index (χ4v) is 3.33. The molecule has 1 aromatic rings. The first-order chi connectivity index (χ1) is 8.70. The van der Waals surface area contributed by atoms with Gasteiger partial charge in [0.2, 0.25) is 0 Å². The van der Waals surface area contributed by atoms with Crippen LogP contribution in [0.5, 0.6) is 0 Å². The zero-order chi connectivity index (χ0) is 13.0. The summed E-state index contributed by atoms with van der Waals surface area (Å²) in [6.45, 7) is 2.72. The van der Waals surface area contributed by atoms with Gasteiger partial charge in [0, 0.05) is 6.54 Å². The van der Waals surface area contributed by atoms with Crippen molar-refractivity contribution in [2.45, 2.75) is 13.3 Å². The predicted molar refractivity (Wildman–Crippen MR) is 76.8 cm³/mol. The molecule has 4 nitrogen and oxygen atoms in total. The van der Waals surface area contributed by atoms with Crippen LogP contribution in [0.15, 0.2) is 18.2 Å². The van der Waals surface area contributed by atoms with Crippen molar-refractivity contribution >= 4 is 23.4 Å². The zero-order valence-electron chi connectivity index (χ0n) is 10.5. The number of anilines is 1. The molecule has 0 saturated carbocycles. The Hall–Kier alpha value is -1.20. The van der Waals surface area contributed by atoms with Crippen molar-refractivity contribution in [3.8, 4) is 0 Å². The van der Waals surface area contributed by atoms with Gasteiger partial charge in [0.1, 0.15) is 0 Å². The van der Waals surface area contributed by atoms with E-state index in [-0.39, 0.29) is 5.91 Å². The summed E-state index contributed by atoms with van der Waals surface area (Å²) in [5.74, 6) is 8.34. The highest BCUT2D eigenvalue weighted by molar-refractivity contribution is 7.99. The van der Waals surface area contributed by atoms with Gasteiger partial charge < -0.3 is 10.7 Å². The van der Waals surface area contributed by atoms with Gasteiger partial charge >= 0.3 is 0 Å². The lowest BCUT2D eigenvalue weighted by molar-refractivity contribution is 0.0949. The van der Waals surface area contributed by atoms with Gasteiger partial charge in [-0.2, -0.15) is 11.8 Å². The third-order valence-electron chi connectivity index (χ3n) is 3.15. The maximum absolute atomic E-state index is 12.1. The van der Waals surface area contributed by atoms with Gasteiger partial charge in [-0.15, -0.1) is 0 Å². The van der Waals surface area contributed by atoms with Gasteiger partial charge in [0.05, 0.1) is 11.3 Å². The second-order valence-electron chi connectivity index (χ2n) is 4.63. The average molecular weight is 265 g/mol. The molecule has 1 atom stereocenters. The van der Waals surface area contributed by atoms with Crippen molar-refractivity contribution in [1.82, 2.24) is 5.32 Å². The first kappa shape index (κ1) is 13.2. The molecule has 1 unspecified atom stereocenters. The standard InChI is InChI=1S/C13H19N3OS/c1-9-2-3-12(16-14)11(6-9)13(17)15-7-10-4-5-18-8-10/h2-3,6,10,16H,4-5,7-8,14H2,1H3,(H,15,17). The lowest BCUT2D eigenvalue weighted by Crippen LogP contribution is -2.30. The highest BCUT2D eigenvalue weighted by Gasteiger charge is 2.17. The van der Waals surface area contributed by atoms with E-state index in [4.69, 9.17) is 5.84 Å². The van der Waals surface area contributed by atoms with E-state index in [1.165, 1.54) is 12.2 Å². The quantitative estimate of drug-likeness (QED) is 0.573. The van der Waals surface area contributed by atoms with Crippen LogP contribution in [-0.4, -0.2) is 24.0 Å². The van der Waals surface area contributed by atoms with Gasteiger partial charge in [0.15, 0.2) is 0 Å². The molecule has 1 aromatic carbocycles. The number of thioether (sulfide) groups is 1. The number of nitrogens with two attached hydrogens (primary N) is 1. The molecular formula is C13H19N3OS. The summed E-state index contributed by atoms with van der Waals surface area (Å²) >= 11 is 1.96. The molecule has 1 amide bonds. The Morgan fingerprint density at radius 1 is 1.56 bits per heavy atom. The van der Waals surface area contributed by atoms with Crippen LogP contribution >= 0.6 is 11.8 Å². The highest BCUT2D eigenvalue weighted by atomic mass is 32.2. The van der Waals surface area contributed by atoms with Crippen LogP contribution in [0.4, 0.5) is 5.69 Å². The van der Waals surface area contributed by atoms with Crippen LogP contribution < -0.4 is 16.6 Å². The lowest BCUT2D eigenvalue weighted by Gasteiger charge is -2.13. The lowest BCUT2D eigenvalue weighted by atomic mass is 10.1. The van der Waals surface area contributed by atoms with Crippen LogP contribution in [0, 0.1) is 12.8 Å². The minimum absolute atomic E-state index is 0.0523. The molecule has 0 radical (unpaired) electrons. The minimum Gasteiger partial charge on any atom is -0.352 e. The third-order valence-corrected chi connectivity index (χ3v) is 4.38. The maximum atomic E-state index is 12.1. The van der Waals surface area contributed by atoms with Crippen molar-refractivity contribution in [3.63, 3.8) is 0 Å². The number of aryl methyl sites for hydroxylation is 1. The molecule has 0 bridgehead atoms. The highest BCUT2D eigenvalue weighted by Crippen LogP contribution is 2.23. The number of hydrogen-bond donors (Lipinski definition) is 3. The van der Waals surface area contributed by atoms with E-state index >= 15 is 0 Å². The molecule has 5 heteroatoms. The molecule has 2 rings (SSSR count). The molecule has 1 aliphatic rings. The molecule has 0 aromatic heterocycles. The Bertz CT molecular complexity index is 430. The maximum Gasteiger partial charge on any atom is 0.253 e. The van der Waals surface area contributed by atoms with Crippen molar-refractivity contribution < 1.29 is 4.79 Å². The van der Waals surface area contributed by atoms with E-state index in [1.54, 1.807) is 0 Å². The van der Waals surface area contributed by atoms with Crippen LogP contribution in [0.1, 0.15) is 22.3 Å². The van der Waals surface area contributed by atoms with Crippen molar-refractivity contribution in [3.05, 3.63) is 29.3 Å². The molecule has 0 spiro atoms. The van der Waals surface area contributed by atoms with Gasteiger partial charge in [0.25, 0.3) is 5.91 Å². The molecule has 1 heterocycles. The van der Waals surface area contributed by atoms with E-state index in [9.17, 15) is 4.79 Å². The Labute approximate surface area is 112 Å². The first-order valence-corrected chi connectivity index (χ1v) is 7.29. The van der Waals surface area contributed by atoms with Crippen molar-refractivity contribution in [2.75, 3.05) is 23.5 Å². The first-order valence-electron chi connectivity index (χ1n) is 6.14. The molecule has 1 fully saturated rings. The molecule has 4 N–H and O–H groups in total. The molecular weight excluding hydrogens is 246 g/mol. The minimum atomic E-state index is -0.0523. The monoisotopic (exact) mass is 265 g/mol. The number of carbonyl (C=O) groups excluding carboxylic acids is 1. The third kappa shape index (κ3) is 3.17. The molecule has 1 saturated heterocycles. The molecule has 1 aliphatic heterocycles. The number of hydrogen-bond acceptors (Lipinski definition) is 4. The summed E-state index contributed by atoms with van der Waals surface area (Å²) in [5, 5.41) is 3.00. The van der Waals surface area contributed by atoms with Crippen LogP contribution in [0.25, 0.3) is 0 Å². The Kier molecular flexibility index (Phi) is 4.49. The Morgan fingerprint density at radius 3 is 3.06 bits per heavy atom. The summed E-state index contributed by atoms with van der Waals surface area (Å²) in [5.41, 5.74) is 4.90. The summed E-state index contributed by atoms with van der Waals surface area (Å²) in [6, 6.07) is 5.61. The summed E-state index contributed by atoms with van der Waals surface area (Å²) in [7, 11) is 0. The van der Waals surface area contributed by atoms with Crippen LogP contribution in [0.2, 0.25) is 0 Å². The number of nitrogen functional groups attached to an aromatic ring is 1. The number of rotatable bonds is 4. The molecule has 18 heavy (non-hydrogen) atoms. The van der Waals surface area contributed by atoms with Gasteiger partial charge in [-0.1, -0.05) is 11.6 Å². The van der Waals surface area contributed by atoms with Gasteiger partial charge in [-0.05, 0) is 42.9 Å². The van der Waals surface area contributed by atoms with E-state index in [0.717, 1.165) is 17.9 Å². The van der Waals surface area contributed by atoms with Gasteiger partial charge in [-0.25, -0.2) is 0 Å². The number of nitrogens with one attached hydrogen (secondary N) is 2. The normalized spacial score (nSPS) is 18.7. The number of benzene rings is 1. The second kappa shape index (κ2) is 6.11. The number of amides is 1. The van der Waals surface area contributed by atoms with E-state index in [1.807, 2.05) is 36.9 Å². The Morgan fingerprint density at radius 2 is 2.39 bits per heavy atom. The summed E-state index contributed by atoms with van der Waals surface area (Å²) in [6.07, 6.45) is 1.20. The Balaban J connectivity index is 2.00. The zero-order valence-corrected chi connectivity index (χ0v) is 11.3. The summed E-state index contributed by atoms with van der Waals surface area (Å²) < 4.78 is 0. The largest absolute Gasteiger partial charge is 0.352 e. The predicted octanol–water partition coefficient (Wildman–Crippen LogP) is 1.76. The van der Waals surface area contributed by atoms with Crippen molar-refractivity contribution in [1.29, 1.82) is 0 Å².